The number of nitrogens with zero attached hydrogens (tertiary/aromatic N) is 1. The fourth-order valence-electron chi connectivity index (χ4n) is 3.11. The van der Waals surface area contributed by atoms with E-state index >= 15 is 0 Å². The zero-order chi connectivity index (χ0) is 23.8. The van der Waals surface area contributed by atoms with E-state index in [-0.39, 0.29) is 17.3 Å². The van der Waals surface area contributed by atoms with Gasteiger partial charge in [0.05, 0.1) is 10.6 Å². The Bertz CT molecular complexity index is 1170. The molecule has 3 aromatic rings. The molecular weight excluding hydrogens is 496 g/mol. The van der Waals surface area contributed by atoms with Crippen LogP contribution >= 0.6 is 35.1 Å². The summed E-state index contributed by atoms with van der Waals surface area (Å²) < 4.78 is 27.6. The number of hydrogen-bond acceptors (Lipinski definition) is 5. The van der Waals surface area contributed by atoms with Gasteiger partial charge in [0.15, 0.2) is 0 Å². The van der Waals surface area contributed by atoms with Crippen LogP contribution in [-0.4, -0.2) is 39.4 Å². The number of nitrogens with one attached hydrogen (secondary N) is 1. The lowest BCUT2D eigenvalue weighted by molar-refractivity contribution is 0.0956. The van der Waals surface area contributed by atoms with Crippen molar-refractivity contribution < 1.29 is 13.2 Å². The fourth-order valence-corrected chi connectivity index (χ4v) is 5.89. The highest BCUT2D eigenvalue weighted by atomic mass is 35.5. The molecule has 0 aromatic heterocycles. The van der Waals surface area contributed by atoms with Gasteiger partial charge in [-0.3, -0.25) is 9.10 Å². The number of anilines is 1. The van der Waals surface area contributed by atoms with Crippen LogP contribution in [0, 0.1) is 0 Å². The molecule has 0 aliphatic rings. The maximum atomic E-state index is 13.1. The summed E-state index contributed by atoms with van der Waals surface area (Å²) in [6.07, 6.45) is 1.94. The van der Waals surface area contributed by atoms with Crippen LogP contribution in [0.2, 0.25) is 5.02 Å². The van der Waals surface area contributed by atoms with Gasteiger partial charge < -0.3 is 5.32 Å². The Balaban J connectivity index is 1.61. The summed E-state index contributed by atoms with van der Waals surface area (Å²) in [5.74, 6) is 0.527. The van der Waals surface area contributed by atoms with Crippen molar-refractivity contribution in [3.63, 3.8) is 0 Å². The Labute approximate surface area is 209 Å². The second kappa shape index (κ2) is 11.8. The maximum Gasteiger partial charge on any atom is 0.264 e. The summed E-state index contributed by atoms with van der Waals surface area (Å²) in [6.45, 7) is 2.57. The number of benzene rings is 3. The lowest BCUT2D eigenvalue weighted by atomic mass is 10.2. The van der Waals surface area contributed by atoms with Crippen LogP contribution in [0.15, 0.2) is 87.5 Å². The molecule has 3 rings (SSSR count). The van der Waals surface area contributed by atoms with Crippen molar-refractivity contribution in [2.24, 2.45) is 0 Å². The van der Waals surface area contributed by atoms with Crippen molar-refractivity contribution in [2.75, 3.05) is 29.4 Å². The zero-order valence-corrected chi connectivity index (χ0v) is 21.5. The van der Waals surface area contributed by atoms with E-state index in [1.165, 1.54) is 4.31 Å². The quantitative estimate of drug-likeness (QED) is 0.270. The molecule has 0 saturated heterocycles. The second-order valence-electron chi connectivity index (χ2n) is 6.95. The standard InChI is InChI=1S/C24H25ClN2O3S3/c1-3-27(33(29,30)23-14-12-21(31-2)13-15-23)20-8-4-18(5-9-20)24(28)26-16-17-32-22-10-6-19(25)7-11-22/h4-15H,3,16-17H2,1-2H3,(H,26,28). The number of sulfonamides is 1. The van der Waals surface area contributed by atoms with Crippen LogP contribution in [0.25, 0.3) is 0 Å². The van der Waals surface area contributed by atoms with Crippen LogP contribution in [0.5, 0.6) is 0 Å². The molecule has 0 radical (unpaired) electrons. The number of rotatable bonds is 10. The first-order valence-corrected chi connectivity index (χ1v) is 14.3. The van der Waals surface area contributed by atoms with Gasteiger partial charge in [-0.25, -0.2) is 8.42 Å². The highest BCUT2D eigenvalue weighted by Crippen LogP contribution is 2.26. The molecule has 0 saturated carbocycles. The van der Waals surface area contributed by atoms with Gasteiger partial charge in [0.2, 0.25) is 0 Å². The van der Waals surface area contributed by atoms with Gasteiger partial charge in [-0.15, -0.1) is 23.5 Å². The largest absolute Gasteiger partial charge is 0.351 e. The van der Waals surface area contributed by atoms with Gasteiger partial charge in [-0.1, -0.05) is 11.6 Å². The Morgan fingerprint density at radius 1 is 0.939 bits per heavy atom. The van der Waals surface area contributed by atoms with E-state index in [4.69, 9.17) is 11.6 Å². The molecular formula is C24H25ClN2O3S3. The van der Waals surface area contributed by atoms with Gasteiger partial charge in [-0.05, 0) is 86.0 Å². The number of carbonyl (C=O) groups excluding carboxylic acids is 1. The lowest BCUT2D eigenvalue weighted by Gasteiger charge is -2.23. The predicted octanol–water partition coefficient (Wildman–Crippen LogP) is 5.80. The summed E-state index contributed by atoms with van der Waals surface area (Å²) in [5, 5.41) is 3.58. The summed E-state index contributed by atoms with van der Waals surface area (Å²) >= 11 is 9.07. The third-order valence-corrected chi connectivity index (χ3v) is 8.75. The van der Waals surface area contributed by atoms with Gasteiger partial charge in [0, 0.05) is 39.2 Å². The number of carbonyl (C=O) groups is 1. The van der Waals surface area contributed by atoms with Crippen molar-refractivity contribution in [1.29, 1.82) is 0 Å². The summed E-state index contributed by atoms with van der Waals surface area (Å²) in [4.78, 5) is 14.8. The molecule has 0 atom stereocenters. The number of hydrogen-bond donors (Lipinski definition) is 1. The maximum absolute atomic E-state index is 13.1. The molecule has 0 aliphatic carbocycles. The van der Waals surface area contributed by atoms with Gasteiger partial charge in [0.1, 0.15) is 0 Å². The number of halogens is 1. The normalized spacial score (nSPS) is 11.2. The topological polar surface area (TPSA) is 66.5 Å². The molecule has 0 aliphatic heterocycles. The summed E-state index contributed by atoms with van der Waals surface area (Å²) in [7, 11) is -3.70. The van der Waals surface area contributed by atoms with Crippen molar-refractivity contribution in [1.82, 2.24) is 5.32 Å². The first kappa shape index (κ1) is 25.5. The molecule has 174 valence electrons. The Morgan fingerprint density at radius 2 is 1.55 bits per heavy atom. The SMILES string of the molecule is CCN(c1ccc(C(=O)NCCSc2ccc(Cl)cc2)cc1)S(=O)(=O)c1ccc(SC)cc1. The molecule has 1 N–H and O–H groups in total. The molecule has 0 spiro atoms. The number of amides is 1. The number of thioether (sulfide) groups is 2. The van der Waals surface area contributed by atoms with Gasteiger partial charge in [0.25, 0.3) is 15.9 Å². The minimum atomic E-state index is -3.70. The monoisotopic (exact) mass is 520 g/mol. The Kier molecular flexibility index (Phi) is 9.14. The van der Waals surface area contributed by atoms with Gasteiger partial charge >= 0.3 is 0 Å². The van der Waals surface area contributed by atoms with Crippen molar-refractivity contribution >= 4 is 56.7 Å². The molecule has 3 aromatic carbocycles. The van der Waals surface area contributed by atoms with E-state index < -0.39 is 10.0 Å². The Morgan fingerprint density at radius 3 is 2.12 bits per heavy atom. The minimum absolute atomic E-state index is 0.197. The highest BCUT2D eigenvalue weighted by molar-refractivity contribution is 7.99. The smallest absolute Gasteiger partial charge is 0.264 e. The molecule has 9 heteroatoms. The first-order valence-electron chi connectivity index (χ1n) is 10.3. The summed E-state index contributed by atoms with van der Waals surface area (Å²) in [6, 6.07) is 21.0. The van der Waals surface area contributed by atoms with E-state index in [1.54, 1.807) is 79.0 Å². The second-order valence-corrected chi connectivity index (χ2v) is 11.3. The first-order chi connectivity index (χ1) is 15.8. The van der Waals surface area contributed by atoms with E-state index in [9.17, 15) is 13.2 Å². The summed E-state index contributed by atoms with van der Waals surface area (Å²) in [5.41, 5.74) is 0.995. The van der Waals surface area contributed by atoms with Crippen molar-refractivity contribution in [3.8, 4) is 0 Å². The van der Waals surface area contributed by atoms with E-state index in [2.05, 4.69) is 5.32 Å². The van der Waals surface area contributed by atoms with E-state index in [1.807, 2.05) is 30.5 Å². The molecule has 0 heterocycles. The molecule has 1 amide bonds. The molecule has 0 fully saturated rings. The third kappa shape index (κ3) is 6.69. The Hall–Kier alpha value is -2.13. The fraction of sp³-hybridized carbons (Fsp3) is 0.208. The van der Waals surface area contributed by atoms with E-state index in [0.717, 1.165) is 15.5 Å². The van der Waals surface area contributed by atoms with Crippen LogP contribution in [-0.2, 0) is 10.0 Å². The van der Waals surface area contributed by atoms with Crippen LogP contribution in [0.3, 0.4) is 0 Å². The molecule has 5 nitrogen and oxygen atoms in total. The van der Waals surface area contributed by atoms with Crippen LogP contribution in [0.1, 0.15) is 17.3 Å². The average Bonchev–Trinajstić information content (AvgIpc) is 2.83. The lowest BCUT2D eigenvalue weighted by Crippen LogP contribution is -2.31. The molecule has 0 bridgehead atoms. The van der Waals surface area contributed by atoms with Crippen LogP contribution < -0.4 is 9.62 Å². The molecule has 33 heavy (non-hydrogen) atoms. The zero-order valence-electron chi connectivity index (χ0n) is 18.3. The minimum Gasteiger partial charge on any atom is -0.351 e. The molecule has 0 unspecified atom stereocenters. The van der Waals surface area contributed by atoms with Gasteiger partial charge in [-0.2, -0.15) is 0 Å². The average molecular weight is 521 g/mol. The van der Waals surface area contributed by atoms with Crippen molar-refractivity contribution in [2.45, 2.75) is 21.6 Å². The van der Waals surface area contributed by atoms with Crippen molar-refractivity contribution in [3.05, 3.63) is 83.4 Å². The van der Waals surface area contributed by atoms with E-state index in [0.29, 0.717) is 22.8 Å². The highest BCUT2D eigenvalue weighted by Gasteiger charge is 2.23. The van der Waals surface area contributed by atoms with Crippen LogP contribution in [0.4, 0.5) is 5.69 Å². The predicted molar refractivity (Wildman–Crippen MR) is 139 cm³/mol. The third-order valence-electron chi connectivity index (χ3n) is 4.82.